The molecule has 1 aromatic carbocycles. The van der Waals surface area contributed by atoms with Gasteiger partial charge in [-0.1, -0.05) is 0 Å². The van der Waals surface area contributed by atoms with Crippen molar-refractivity contribution in [1.82, 2.24) is 0 Å². The van der Waals surface area contributed by atoms with Gasteiger partial charge in [-0.2, -0.15) is 4.39 Å². The summed E-state index contributed by atoms with van der Waals surface area (Å²) in [7, 11) is 0. The molecule has 1 N–H and O–H groups in total. The number of phenols is 1. The first-order valence-corrected chi connectivity index (χ1v) is 3.66. The average Bonchev–Trinajstić information content (AvgIpc) is 1.97. The second-order valence-corrected chi connectivity index (χ2v) is 3.01. The molecular formula is C7H5BrF2O. The fourth-order valence-electron chi connectivity index (χ4n) is 0.704. The predicted molar refractivity (Wildman–Crippen MR) is 40.5 cm³/mol. The molecule has 0 unspecified atom stereocenters. The molecule has 0 aromatic heterocycles. The summed E-state index contributed by atoms with van der Waals surface area (Å²) in [5.74, 6) is -2.91. The normalized spacial score (nSPS) is 10.2. The summed E-state index contributed by atoms with van der Waals surface area (Å²) in [4.78, 5) is 0. The first kappa shape index (κ1) is 8.46. The van der Waals surface area contributed by atoms with E-state index >= 15 is 0 Å². The second kappa shape index (κ2) is 2.77. The van der Waals surface area contributed by atoms with Gasteiger partial charge < -0.3 is 5.11 Å². The topological polar surface area (TPSA) is 20.2 Å². The van der Waals surface area contributed by atoms with E-state index in [1.807, 2.05) is 0 Å². The maximum Gasteiger partial charge on any atom is 0.201 e. The minimum absolute atomic E-state index is 0.159. The molecule has 11 heavy (non-hydrogen) atoms. The number of benzene rings is 1. The Morgan fingerprint density at radius 1 is 1.36 bits per heavy atom. The fourth-order valence-corrected chi connectivity index (χ4v) is 1.22. The molecule has 0 heterocycles. The Bertz CT molecular complexity index is 273. The zero-order valence-corrected chi connectivity index (χ0v) is 7.24. The van der Waals surface area contributed by atoms with Gasteiger partial charge in [-0.15, -0.1) is 0 Å². The maximum absolute atomic E-state index is 12.6. The van der Waals surface area contributed by atoms with E-state index in [2.05, 4.69) is 15.9 Å². The highest BCUT2D eigenvalue weighted by Gasteiger charge is 2.13. The van der Waals surface area contributed by atoms with Gasteiger partial charge in [0.1, 0.15) is 0 Å². The lowest BCUT2D eigenvalue weighted by Gasteiger charge is -2.01. The second-order valence-electron chi connectivity index (χ2n) is 2.15. The van der Waals surface area contributed by atoms with Crippen LogP contribution in [0.4, 0.5) is 8.78 Å². The number of rotatable bonds is 0. The van der Waals surface area contributed by atoms with Crippen LogP contribution in [-0.4, -0.2) is 5.11 Å². The number of hydrogen-bond acceptors (Lipinski definition) is 1. The van der Waals surface area contributed by atoms with Crippen LogP contribution in [0.15, 0.2) is 10.5 Å². The van der Waals surface area contributed by atoms with E-state index in [4.69, 9.17) is 5.11 Å². The Kier molecular flexibility index (Phi) is 2.13. The van der Waals surface area contributed by atoms with Crippen LogP contribution in [0.2, 0.25) is 0 Å². The van der Waals surface area contributed by atoms with Crippen LogP contribution in [0.1, 0.15) is 5.56 Å². The summed E-state index contributed by atoms with van der Waals surface area (Å²) >= 11 is 2.87. The van der Waals surface area contributed by atoms with Gasteiger partial charge in [-0.25, -0.2) is 4.39 Å². The number of aryl methyl sites for hydroxylation is 1. The zero-order chi connectivity index (χ0) is 8.59. The molecule has 0 bridgehead atoms. The zero-order valence-electron chi connectivity index (χ0n) is 5.66. The van der Waals surface area contributed by atoms with Crippen LogP contribution in [0.5, 0.6) is 5.75 Å². The van der Waals surface area contributed by atoms with E-state index in [1.54, 1.807) is 0 Å². The standard InChI is InChI=1S/C7H5BrF2O/c1-3-2-4(8)7(11)6(10)5(3)9/h2,11H,1H3. The Hall–Kier alpha value is -0.640. The van der Waals surface area contributed by atoms with Gasteiger partial charge in [-0.05, 0) is 34.5 Å². The molecule has 0 radical (unpaired) electrons. The third-order valence-corrected chi connectivity index (χ3v) is 1.92. The van der Waals surface area contributed by atoms with Gasteiger partial charge in [-0.3, -0.25) is 0 Å². The van der Waals surface area contributed by atoms with E-state index in [-0.39, 0.29) is 10.0 Å². The molecule has 1 aromatic rings. The molecule has 0 saturated heterocycles. The summed E-state index contributed by atoms with van der Waals surface area (Å²) in [6.45, 7) is 1.42. The van der Waals surface area contributed by atoms with Gasteiger partial charge >= 0.3 is 0 Å². The van der Waals surface area contributed by atoms with E-state index in [1.165, 1.54) is 13.0 Å². The van der Waals surface area contributed by atoms with Crippen LogP contribution in [-0.2, 0) is 0 Å². The van der Waals surface area contributed by atoms with E-state index in [9.17, 15) is 8.78 Å². The van der Waals surface area contributed by atoms with Crippen molar-refractivity contribution in [3.8, 4) is 5.75 Å². The number of phenolic OH excluding ortho intramolecular Hbond substituents is 1. The lowest BCUT2D eigenvalue weighted by atomic mass is 10.2. The van der Waals surface area contributed by atoms with E-state index in [0.29, 0.717) is 0 Å². The van der Waals surface area contributed by atoms with E-state index < -0.39 is 17.4 Å². The minimum atomic E-state index is -1.21. The molecule has 0 aliphatic rings. The van der Waals surface area contributed by atoms with Crippen LogP contribution in [0, 0.1) is 18.6 Å². The summed E-state index contributed by atoms with van der Waals surface area (Å²) in [6, 6.07) is 1.31. The Morgan fingerprint density at radius 3 is 2.45 bits per heavy atom. The summed E-state index contributed by atoms with van der Waals surface area (Å²) in [5, 5.41) is 8.85. The first-order chi connectivity index (χ1) is 5.04. The molecule has 60 valence electrons. The highest BCUT2D eigenvalue weighted by Crippen LogP contribution is 2.30. The Morgan fingerprint density at radius 2 is 1.91 bits per heavy atom. The largest absolute Gasteiger partial charge is 0.504 e. The van der Waals surface area contributed by atoms with Crippen molar-refractivity contribution in [2.45, 2.75) is 6.92 Å². The molecule has 0 atom stereocenters. The van der Waals surface area contributed by atoms with Crippen molar-refractivity contribution >= 4 is 15.9 Å². The average molecular weight is 223 g/mol. The number of hydrogen-bond donors (Lipinski definition) is 1. The molecule has 0 amide bonds. The highest BCUT2D eigenvalue weighted by molar-refractivity contribution is 9.10. The van der Waals surface area contributed by atoms with Gasteiger partial charge in [0.15, 0.2) is 11.6 Å². The van der Waals surface area contributed by atoms with Gasteiger partial charge in [0.05, 0.1) is 4.47 Å². The molecule has 1 rings (SSSR count). The molecule has 0 spiro atoms. The first-order valence-electron chi connectivity index (χ1n) is 2.87. The van der Waals surface area contributed by atoms with Crippen molar-refractivity contribution in [3.05, 3.63) is 27.7 Å². The van der Waals surface area contributed by atoms with Crippen LogP contribution in [0.25, 0.3) is 0 Å². The van der Waals surface area contributed by atoms with Crippen LogP contribution in [0.3, 0.4) is 0 Å². The van der Waals surface area contributed by atoms with Crippen molar-refractivity contribution in [2.75, 3.05) is 0 Å². The number of halogens is 3. The molecule has 0 aliphatic heterocycles. The molecule has 4 heteroatoms. The smallest absolute Gasteiger partial charge is 0.201 e. The SMILES string of the molecule is Cc1cc(Br)c(O)c(F)c1F. The third-order valence-electron chi connectivity index (χ3n) is 1.32. The summed E-state index contributed by atoms with van der Waals surface area (Å²) in [6.07, 6.45) is 0. The molecule has 0 fully saturated rings. The van der Waals surface area contributed by atoms with Crippen molar-refractivity contribution in [1.29, 1.82) is 0 Å². The predicted octanol–water partition coefficient (Wildman–Crippen LogP) is 2.74. The van der Waals surface area contributed by atoms with Crippen molar-refractivity contribution in [3.63, 3.8) is 0 Å². The lowest BCUT2D eigenvalue weighted by molar-refractivity contribution is 0.402. The fraction of sp³-hybridized carbons (Fsp3) is 0.143. The summed E-state index contributed by atoms with van der Waals surface area (Å²) < 4.78 is 25.4. The quantitative estimate of drug-likeness (QED) is 0.670. The van der Waals surface area contributed by atoms with Crippen LogP contribution < -0.4 is 0 Å². The molecular weight excluding hydrogens is 218 g/mol. The van der Waals surface area contributed by atoms with E-state index in [0.717, 1.165) is 0 Å². The Labute approximate surface area is 70.8 Å². The highest BCUT2D eigenvalue weighted by atomic mass is 79.9. The third kappa shape index (κ3) is 1.35. The van der Waals surface area contributed by atoms with Crippen molar-refractivity contribution in [2.24, 2.45) is 0 Å². The van der Waals surface area contributed by atoms with Crippen LogP contribution >= 0.6 is 15.9 Å². The molecule has 1 nitrogen and oxygen atoms in total. The minimum Gasteiger partial charge on any atom is -0.504 e. The lowest BCUT2D eigenvalue weighted by Crippen LogP contribution is -1.89. The molecule has 0 aliphatic carbocycles. The maximum atomic E-state index is 12.6. The number of aromatic hydroxyl groups is 1. The Balaban J connectivity index is 3.46. The van der Waals surface area contributed by atoms with Crippen molar-refractivity contribution < 1.29 is 13.9 Å². The van der Waals surface area contributed by atoms with Gasteiger partial charge in [0, 0.05) is 0 Å². The molecule has 0 saturated carbocycles. The summed E-state index contributed by atoms with van der Waals surface area (Å²) in [5.41, 5.74) is 0.159. The monoisotopic (exact) mass is 222 g/mol. The van der Waals surface area contributed by atoms with Gasteiger partial charge in [0.2, 0.25) is 5.82 Å². The van der Waals surface area contributed by atoms with Gasteiger partial charge in [0.25, 0.3) is 0 Å².